The van der Waals surface area contributed by atoms with Gasteiger partial charge < -0.3 is 19.4 Å². The Hall–Kier alpha value is -3.06. The van der Waals surface area contributed by atoms with Crippen LogP contribution in [0.3, 0.4) is 0 Å². The number of thiophene rings is 1. The predicted molar refractivity (Wildman–Crippen MR) is 124 cm³/mol. The highest BCUT2D eigenvalue weighted by Gasteiger charge is 2.34. The molecule has 1 aliphatic carbocycles. The molecule has 6 nitrogen and oxygen atoms in total. The molecular weight excluding hydrogens is 424 g/mol. The second-order valence-corrected chi connectivity index (χ2v) is 9.04. The van der Waals surface area contributed by atoms with E-state index in [2.05, 4.69) is 5.32 Å². The molecule has 1 aliphatic rings. The number of hydrogen-bond acceptors (Lipinski definition) is 5. The van der Waals surface area contributed by atoms with E-state index in [0.717, 1.165) is 36.1 Å². The zero-order valence-electron chi connectivity index (χ0n) is 18.2. The highest BCUT2D eigenvalue weighted by atomic mass is 32.1. The number of carbonyl (C=O) groups excluding carboxylic acids is 2. The first kappa shape index (κ1) is 22.1. The molecule has 0 aliphatic heterocycles. The molecular formula is C25H28N2O4S. The molecule has 1 atom stereocenters. The maximum Gasteiger partial charge on any atom is 0.290 e. The lowest BCUT2D eigenvalue weighted by atomic mass is 9.94. The summed E-state index contributed by atoms with van der Waals surface area (Å²) in [6.45, 7) is 0.311. The largest absolute Gasteiger partial charge is 0.497 e. The van der Waals surface area contributed by atoms with Crippen LogP contribution in [0.5, 0.6) is 5.75 Å². The lowest BCUT2D eigenvalue weighted by molar-refractivity contribution is -0.127. The lowest BCUT2D eigenvalue weighted by Crippen LogP contribution is -2.46. The predicted octanol–water partition coefficient (Wildman–Crippen LogP) is 5.18. The summed E-state index contributed by atoms with van der Waals surface area (Å²) in [7, 11) is 1.60. The van der Waals surface area contributed by atoms with Gasteiger partial charge in [-0.05, 0) is 54.1 Å². The minimum absolute atomic E-state index is 0.138. The van der Waals surface area contributed by atoms with Crippen molar-refractivity contribution in [2.24, 2.45) is 0 Å². The van der Waals surface area contributed by atoms with Crippen LogP contribution in [0.1, 0.15) is 59.1 Å². The molecule has 1 saturated carbocycles. The van der Waals surface area contributed by atoms with E-state index in [0.29, 0.717) is 12.3 Å². The SMILES string of the molecule is COc1ccc([C@@H](C(=O)NC2CCCCC2)N(Cc2cccs2)C(=O)c2ccco2)cc1. The molecule has 2 amide bonds. The van der Waals surface area contributed by atoms with Crippen molar-refractivity contribution in [1.29, 1.82) is 0 Å². The zero-order chi connectivity index (χ0) is 22.3. The molecule has 1 N–H and O–H groups in total. The first-order valence-corrected chi connectivity index (χ1v) is 11.8. The number of amides is 2. The van der Waals surface area contributed by atoms with E-state index in [1.807, 2.05) is 41.8 Å². The van der Waals surface area contributed by atoms with Gasteiger partial charge in [0.05, 0.1) is 19.9 Å². The van der Waals surface area contributed by atoms with Gasteiger partial charge in [-0.1, -0.05) is 37.5 Å². The molecule has 0 unspecified atom stereocenters. The Kier molecular flexibility index (Phi) is 7.27. The summed E-state index contributed by atoms with van der Waals surface area (Å²) >= 11 is 1.56. The monoisotopic (exact) mass is 452 g/mol. The van der Waals surface area contributed by atoms with Gasteiger partial charge in [-0.3, -0.25) is 9.59 Å². The lowest BCUT2D eigenvalue weighted by Gasteiger charge is -2.32. The van der Waals surface area contributed by atoms with Gasteiger partial charge in [0, 0.05) is 10.9 Å². The number of rotatable bonds is 8. The average molecular weight is 453 g/mol. The Bertz CT molecular complexity index is 993. The summed E-state index contributed by atoms with van der Waals surface area (Å²) in [5.74, 6) is 0.425. The van der Waals surface area contributed by atoms with E-state index in [1.54, 1.807) is 35.5 Å². The van der Waals surface area contributed by atoms with Crippen LogP contribution in [0.25, 0.3) is 0 Å². The molecule has 0 radical (unpaired) electrons. The summed E-state index contributed by atoms with van der Waals surface area (Å²) in [5, 5.41) is 5.18. The second-order valence-electron chi connectivity index (χ2n) is 8.01. The number of nitrogens with one attached hydrogen (secondary N) is 1. The van der Waals surface area contributed by atoms with Crippen molar-refractivity contribution in [2.75, 3.05) is 7.11 Å². The van der Waals surface area contributed by atoms with Crippen molar-refractivity contribution >= 4 is 23.2 Å². The van der Waals surface area contributed by atoms with Gasteiger partial charge >= 0.3 is 0 Å². The van der Waals surface area contributed by atoms with Gasteiger partial charge in [0.25, 0.3) is 5.91 Å². The molecule has 168 valence electrons. The molecule has 1 fully saturated rings. The topological polar surface area (TPSA) is 71.8 Å². The van der Waals surface area contributed by atoms with Crippen molar-refractivity contribution < 1.29 is 18.7 Å². The number of ether oxygens (including phenoxy) is 1. The molecule has 0 bridgehead atoms. The molecule has 2 heterocycles. The van der Waals surface area contributed by atoms with Crippen LogP contribution < -0.4 is 10.1 Å². The molecule has 3 aromatic rings. The summed E-state index contributed by atoms with van der Waals surface area (Å²) in [4.78, 5) is 29.7. The molecule has 1 aromatic carbocycles. The van der Waals surface area contributed by atoms with Crippen LogP contribution in [0.2, 0.25) is 0 Å². The first-order chi connectivity index (χ1) is 15.7. The minimum Gasteiger partial charge on any atom is -0.497 e. The summed E-state index contributed by atoms with van der Waals surface area (Å²) < 4.78 is 10.7. The number of methoxy groups -OCH3 is 1. The third-order valence-electron chi connectivity index (χ3n) is 5.84. The van der Waals surface area contributed by atoms with Gasteiger partial charge in [0.15, 0.2) is 5.76 Å². The second kappa shape index (κ2) is 10.5. The summed E-state index contributed by atoms with van der Waals surface area (Å²) in [6.07, 6.45) is 6.85. The molecule has 7 heteroatoms. The van der Waals surface area contributed by atoms with Gasteiger partial charge in [-0.2, -0.15) is 0 Å². The van der Waals surface area contributed by atoms with E-state index in [9.17, 15) is 9.59 Å². The number of furan rings is 1. The molecule has 4 rings (SSSR count). The fourth-order valence-corrected chi connectivity index (χ4v) is 4.88. The highest BCUT2D eigenvalue weighted by Crippen LogP contribution is 2.29. The van der Waals surface area contributed by atoms with Crippen molar-refractivity contribution in [3.05, 3.63) is 76.4 Å². The highest BCUT2D eigenvalue weighted by molar-refractivity contribution is 7.09. The van der Waals surface area contributed by atoms with E-state index >= 15 is 0 Å². The fourth-order valence-electron chi connectivity index (χ4n) is 4.18. The molecule has 0 spiro atoms. The van der Waals surface area contributed by atoms with E-state index in [-0.39, 0.29) is 23.6 Å². The Morgan fingerprint density at radius 1 is 1.12 bits per heavy atom. The molecule has 32 heavy (non-hydrogen) atoms. The standard InChI is InChI=1S/C25H28N2O4S/c1-30-20-13-11-18(12-14-20)23(24(28)26-19-7-3-2-4-8-19)27(17-21-9-6-16-32-21)25(29)22-10-5-15-31-22/h5-6,9-16,19,23H,2-4,7-8,17H2,1H3,(H,26,28)/t23-/m0/s1. The van der Waals surface area contributed by atoms with E-state index < -0.39 is 6.04 Å². The van der Waals surface area contributed by atoms with Crippen LogP contribution in [0, 0.1) is 0 Å². The van der Waals surface area contributed by atoms with Gasteiger partial charge in [-0.25, -0.2) is 0 Å². The number of benzene rings is 1. The maximum atomic E-state index is 13.6. The zero-order valence-corrected chi connectivity index (χ0v) is 19.0. The van der Waals surface area contributed by atoms with Gasteiger partial charge in [-0.15, -0.1) is 11.3 Å². The van der Waals surface area contributed by atoms with Crippen molar-refractivity contribution in [1.82, 2.24) is 10.2 Å². The van der Waals surface area contributed by atoms with Crippen molar-refractivity contribution in [3.8, 4) is 5.75 Å². The Morgan fingerprint density at radius 2 is 1.91 bits per heavy atom. The van der Waals surface area contributed by atoms with Crippen molar-refractivity contribution in [3.63, 3.8) is 0 Å². The van der Waals surface area contributed by atoms with Crippen LogP contribution in [-0.2, 0) is 11.3 Å². The van der Waals surface area contributed by atoms with E-state index in [1.165, 1.54) is 12.7 Å². The average Bonchev–Trinajstić information content (AvgIpc) is 3.54. The van der Waals surface area contributed by atoms with E-state index in [4.69, 9.17) is 9.15 Å². The van der Waals surface area contributed by atoms with Gasteiger partial charge in [0.2, 0.25) is 5.91 Å². The summed E-state index contributed by atoms with van der Waals surface area (Å²) in [6, 6.07) is 13.9. The number of hydrogen-bond donors (Lipinski definition) is 1. The normalized spacial score (nSPS) is 15.2. The quantitative estimate of drug-likeness (QED) is 0.511. The Morgan fingerprint density at radius 3 is 2.53 bits per heavy atom. The van der Waals surface area contributed by atoms with Crippen LogP contribution >= 0.6 is 11.3 Å². The molecule has 2 aromatic heterocycles. The maximum absolute atomic E-state index is 13.6. The fraction of sp³-hybridized carbons (Fsp3) is 0.360. The van der Waals surface area contributed by atoms with Crippen LogP contribution in [-0.4, -0.2) is 29.9 Å². The Balaban J connectivity index is 1.70. The first-order valence-electron chi connectivity index (χ1n) is 11.0. The third-order valence-corrected chi connectivity index (χ3v) is 6.70. The van der Waals surface area contributed by atoms with Gasteiger partial charge in [0.1, 0.15) is 11.8 Å². The van der Waals surface area contributed by atoms with Crippen LogP contribution in [0.4, 0.5) is 0 Å². The smallest absolute Gasteiger partial charge is 0.290 e. The molecule has 0 saturated heterocycles. The number of nitrogens with zero attached hydrogens (tertiary/aromatic N) is 1. The number of carbonyl (C=O) groups is 2. The van der Waals surface area contributed by atoms with Crippen LogP contribution in [0.15, 0.2) is 64.6 Å². The third kappa shape index (κ3) is 5.22. The minimum atomic E-state index is -0.789. The summed E-state index contributed by atoms with van der Waals surface area (Å²) in [5.41, 5.74) is 0.732. The Labute approximate surface area is 192 Å². The van der Waals surface area contributed by atoms with Crippen molar-refractivity contribution in [2.45, 2.75) is 50.7 Å².